The molecular formula is C11H21NO4S. The molecule has 0 amide bonds. The van der Waals surface area contributed by atoms with Crippen LogP contribution in [0.25, 0.3) is 0 Å². The van der Waals surface area contributed by atoms with Crippen LogP contribution in [0.15, 0.2) is 0 Å². The van der Waals surface area contributed by atoms with Crippen LogP contribution in [-0.4, -0.2) is 58.5 Å². The fourth-order valence-corrected chi connectivity index (χ4v) is 3.67. The van der Waals surface area contributed by atoms with Gasteiger partial charge in [0.2, 0.25) is 10.0 Å². The molecule has 0 radical (unpaired) electrons. The summed E-state index contributed by atoms with van der Waals surface area (Å²) in [7, 11) is -1.35. The van der Waals surface area contributed by atoms with Crippen LogP contribution >= 0.6 is 0 Å². The lowest BCUT2D eigenvalue weighted by Gasteiger charge is -2.37. The minimum Gasteiger partial charge on any atom is -0.382 e. The summed E-state index contributed by atoms with van der Waals surface area (Å²) < 4.78 is 35.3. The molecule has 2 fully saturated rings. The summed E-state index contributed by atoms with van der Waals surface area (Å²) in [6.45, 7) is 2.64. The lowest BCUT2D eigenvalue weighted by molar-refractivity contribution is 0.0312. The van der Waals surface area contributed by atoms with Crippen LogP contribution in [0, 0.1) is 5.41 Å². The first-order chi connectivity index (χ1) is 7.95. The third-order valence-corrected chi connectivity index (χ3v) is 5.19. The second-order valence-corrected chi connectivity index (χ2v) is 7.24. The lowest BCUT2D eigenvalue weighted by Crippen LogP contribution is -2.43. The molecule has 1 atom stereocenters. The van der Waals surface area contributed by atoms with Crippen molar-refractivity contribution in [2.75, 3.05) is 39.7 Å². The molecule has 0 N–H and O–H groups in total. The highest BCUT2D eigenvalue weighted by Gasteiger charge is 2.43. The van der Waals surface area contributed by atoms with E-state index in [-0.39, 0.29) is 11.5 Å². The summed E-state index contributed by atoms with van der Waals surface area (Å²) in [6.07, 6.45) is 4.27. The molecule has 2 aliphatic rings. The Morgan fingerprint density at radius 3 is 2.59 bits per heavy atom. The molecule has 0 aromatic heterocycles. The number of hydrogen-bond acceptors (Lipinski definition) is 4. The molecule has 17 heavy (non-hydrogen) atoms. The second kappa shape index (κ2) is 4.84. The summed E-state index contributed by atoms with van der Waals surface area (Å²) in [5, 5.41) is 0. The van der Waals surface area contributed by atoms with Crippen LogP contribution in [0.2, 0.25) is 0 Å². The average Bonchev–Trinajstić information content (AvgIpc) is 2.61. The molecule has 2 heterocycles. The second-order valence-electron chi connectivity index (χ2n) is 5.25. The number of sulfonamides is 1. The van der Waals surface area contributed by atoms with Crippen molar-refractivity contribution >= 4 is 10.0 Å². The summed E-state index contributed by atoms with van der Waals surface area (Å²) in [5.74, 6) is 0. The molecule has 0 saturated carbocycles. The highest BCUT2D eigenvalue weighted by Crippen LogP contribution is 2.42. The van der Waals surface area contributed by atoms with Crippen LogP contribution in [-0.2, 0) is 19.5 Å². The Bertz CT molecular complexity index is 360. The van der Waals surface area contributed by atoms with Gasteiger partial charge in [-0.2, -0.15) is 0 Å². The molecule has 5 nitrogen and oxygen atoms in total. The van der Waals surface area contributed by atoms with E-state index in [0.717, 1.165) is 25.9 Å². The van der Waals surface area contributed by atoms with E-state index >= 15 is 0 Å². The molecular weight excluding hydrogens is 242 g/mol. The maximum atomic E-state index is 11.4. The Labute approximate surface area is 103 Å². The number of rotatable bonds is 3. The first kappa shape index (κ1) is 13.3. The van der Waals surface area contributed by atoms with Gasteiger partial charge in [-0.15, -0.1) is 0 Å². The topological polar surface area (TPSA) is 55.8 Å². The van der Waals surface area contributed by atoms with E-state index in [1.807, 2.05) is 0 Å². The first-order valence-electron chi connectivity index (χ1n) is 6.01. The van der Waals surface area contributed by atoms with E-state index in [4.69, 9.17) is 9.47 Å². The Morgan fingerprint density at radius 1 is 1.41 bits per heavy atom. The van der Waals surface area contributed by atoms with Crippen LogP contribution in [0.4, 0.5) is 0 Å². The van der Waals surface area contributed by atoms with Gasteiger partial charge in [0, 0.05) is 20.2 Å². The van der Waals surface area contributed by atoms with Crippen LogP contribution in [0.3, 0.4) is 0 Å². The predicted octanol–water partition coefficient (Wildman–Crippen LogP) is 0.464. The zero-order valence-corrected chi connectivity index (χ0v) is 11.3. The van der Waals surface area contributed by atoms with Crippen molar-refractivity contribution in [1.29, 1.82) is 0 Å². The molecule has 0 aromatic rings. The van der Waals surface area contributed by atoms with Gasteiger partial charge in [0.05, 0.1) is 25.6 Å². The lowest BCUT2D eigenvalue weighted by atomic mass is 9.77. The molecule has 0 aromatic carbocycles. The number of piperidine rings is 1. The quantitative estimate of drug-likeness (QED) is 0.742. The highest BCUT2D eigenvalue weighted by atomic mass is 32.2. The minimum atomic E-state index is -3.03. The van der Waals surface area contributed by atoms with Crippen LogP contribution in [0.5, 0.6) is 0 Å². The van der Waals surface area contributed by atoms with Crippen LogP contribution in [0.1, 0.15) is 19.3 Å². The molecule has 6 heteroatoms. The molecule has 1 spiro atoms. The maximum absolute atomic E-state index is 11.4. The highest BCUT2D eigenvalue weighted by molar-refractivity contribution is 7.88. The summed E-state index contributed by atoms with van der Waals surface area (Å²) in [4.78, 5) is 0. The zero-order valence-electron chi connectivity index (χ0n) is 10.5. The van der Waals surface area contributed by atoms with Crippen LogP contribution < -0.4 is 0 Å². The maximum Gasteiger partial charge on any atom is 0.211 e. The molecule has 100 valence electrons. The van der Waals surface area contributed by atoms with Crippen molar-refractivity contribution in [1.82, 2.24) is 4.31 Å². The smallest absolute Gasteiger partial charge is 0.211 e. The largest absolute Gasteiger partial charge is 0.382 e. The van der Waals surface area contributed by atoms with E-state index in [2.05, 4.69) is 0 Å². The standard InChI is InChI=1S/C11H21NO4S/c1-15-8-10-7-11(9-16-10)3-5-12(6-4-11)17(2,13)14/h10H,3-9H2,1-2H3/t10-/m1/s1. The van der Waals surface area contributed by atoms with Gasteiger partial charge in [0.15, 0.2) is 0 Å². The molecule has 2 aliphatic heterocycles. The van der Waals surface area contributed by atoms with Gasteiger partial charge in [-0.1, -0.05) is 0 Å². The monoisotopic (exact) mass is 263 g/mol. The van der Waals surface area contributed by atoms with Crippen molar-refractivity contribution in [3.8, 4) is 0 Å². The van der Waals surface area contributed by atoms with Crippen molar-refractivity contribution in [2.24, 2.45) is 5.41 Å². The van der Waals surface area contributed by atoms with E-state index < -0.39 is 10.0 Å². The zero-order chi connectivity index (χ0) is 12.5. The van der Waals surface area contributed by atoms with Crippen molar-refractivity contribution in [3.05, 3.63) is 0 Å². The van der Waals surface area contributed by atoms with E-state index in [1.165, 1.54) is 6.26 Å². The van der Waals surface area contributed by atoms with E-state index in [0.29, 0.717) is 19.7 Å². The Kier molecular flexibility index (Phi) is 3.77. The van der Waals surface area contributed by atoms with Gasteiger partial charge in [-0.3, -0.25) is 0 Å². The summed E-state index contributed by atoms with van der Waals surface area (Å²) in [5.41, 5.74) is 0.185. The normalized spacial score (nSPS) is 29.9. The Balaban J connectivity index is 1.91. The first-order valence-corrected chi connectivity index (χ1v) is 7.86. The fraction of sp³-hybridized carbons (Fsp3) is 1.00. The SMILES string of the molecule is COC[C@H]1CC2(CCN(S(C)(=O)=O)CC2)CO1. The molecule has 0 bridgehead atoms. The molecule has 0 unspecified atom stereocenters. The summed E-state index contributed by atoms with van der Waals surface area (Å²) >= 11 is 0. The number of nitrogens with zero attached hydrogens (tertiary/aromatic N) is 1. The summed E-state index contributed by atoms with van der Waals surface area (Å²) in [6, 6.07) is 0. The predicted molar refractivity (Wildman–Crippen MR) is 64.3 cm³/mol. The number of ether oxygens (including phenoxy) is 2. The van der Waals surface area contributed by atoms with Crippen molar-refractivity contribution in [2.45, 2.75) is 25.4 Å². The number of methoxy groups -OCH3 is 1. The molecule has 2 rings (SSSR count). The Morgan fingerprint density at radius 2 is 2.06 bits per heavy atom. The van der Waals surface area contributed by atoms with E-state index in [1.54, 1.807) is 11.4 Å². The van der Waals surface area contributed by atoms with Crippen molar-refractivity contribution in [3.63, 3.8) is 0 Å². The number of hydrogen-bond donors (Lipinski definition) is 0. The van der Waals surface area contributed by atoms with Gasteiger partial charge in [-0.05, 0) is 24.7 Å². The van der Waals surface area contributed by atoms with Gasteiger partial charge >= 0.3 is 0 Å². The van der Waals surface area contributed by atoms with E-state index in [9.17, 15) is 8.42 Å². The molecule has 0 aliphatic carbocycles. The van der Waals surface area contributed by atoms with Gasteiger partial charge in [0.1, 0.15) is 0 Å². The van der Waals surface area contributed by atoms with Gasteiger partial charge < -0.3 is 9.47 Å². The fourth-order valence-electron chi connectivity index (χ4n) is 2.83. The third kappa shape index (κ3) is 2.99. The third-order valence-electron chi connectivity index (χ3n) is 3.89. The van der Waals surface area contributed by atoms with Crippen molar-refractivity contribution < 1.29 is 17.9 Å². The van der Waals surface area contributed by atoms with Gasteiger partial charge in [0.25, 0.3) is 0 Å². The Hall–Kier alpha value is -0.170. The van der Waals surface area contributed by atoms with Gasteiger partial charge in [-0.25, -0.2) is 12.7 Å². The average molecular weight is 263 g/mol. The molecule has 2 saturated heterocycles. The minimum absolute atomic E-state index is 0.185.